The molecule has 0 aliphatic carbocycles. The molecule has 0 saturated heterocycles. The minimum atomic E-state index is -0.135. The number of carbonyl (C=O) groups excluding carboxylic acids is 1. The zero-order valence-corrected chi connectivity index (χ0v) is 12.2. The molecule has 1 aliphatic heterocycles. The van der Waals surface area contributed by atoms with Crippen molar-refractivity contribution in [3.05, 3.63) is 53.6 Å². The van der Waals surface area contributed by atoms with E-state index >= 15 is 0 Å². The van der Waals surface area contributed by atoms with E-state index in [2.05, 4.69) is 27.8 Å². The summed E-state index contributed by atoms with van der Waals surface area (Å²) in [5.41, 5.74) is 2.55. The van der Waals surface area contributed by atoms with Crippen molar-refractivity contribution < 1.29 is 4.79 Å². The van der Waals surface area contributed by atoms with Crippen LogP contribution in [0, 0.1) is 6.92 Å². The molecule has 2 heterocycles. The number of benzene rings is 1. The molecule has 2 aromatic rings. The standard InChI is InChI=1S/C16H20N4O/c1-12-17-6-8-20(12)9-7-18-16(21)15-10-13-4-2-3-5-14(13)11-19-15/h2-6,8,15,19H,7,9-11H2,1H3,(H,18,21). The van der Waals surface area contributed by atoms with E-state index in [0.717, 1.165) is 25.3 Å². The molecule has 2 N–H and O–H groups in total. The fourth-order valence-corrected chi connectivity index (χ4v) is 2.70. The first kappa shape index (κ1) is 13.8. The second kappa shape index (κ2) is 6.10. The Morgan fingerprint density at radius 3 is 3.00 bits per heavy atom. The summed E-state index contributed by atoms with van der Waals surface area (Å²) in [4.78, 5) is 16.4. The minimum absolute atomic E-state index is 0.0715. The molecule has 1 amide bonds. The molecule has 0 saturated carbocycles. The van der Waals surface area contributed by atoms with Gasteiger partial charge >= 0.3 is 0 Å². The van der Waals surface area contributed by atoms with Crippen LogP contribution in [0.3, 0.4) is 0 Å². The fourth-order valence-electron chi connectivity index (χ4n) is 2.70. The maximum absolute atomic E-state index is 12.2. The summed E-state index contributed by atoms with van der Waals surface area (Å²) in [7, 11) is 0. The average molecular weight is 284 g/mol. The van der Waals surface area contributed by atoms with Crippen molar-refractivity contribution in [3.8, 4) is 0 Å². The fraction of sp³-hybridized carbons (Fsp3) is 0.375. The van der Waals surface area contributed by atoms with Crippen molar-refractivity contribution in [2.75, 3.05) is 6.54 Å². The quantitative estimate of drug-likeness (QED) is 0.881. The molecule has 3 rings (SSSR count). The smallest absolute Gasteiger partial charge is 0.237 e. The highest BCUT2D eigenvalue weighted by atomic mass is 16.2. The lowest BCUT2D eigenvalue weighted by atomic mass is 9.95. The van der Waals surface area contributed by atoms with Gasteiger partial charge in [0.2, 0.25) is 5.91 Å². The minimum Gasteiger partial charge on any atom is -0.353 e. The van der Waals surface area contributed by atoms with Crippen molar-refractivity contribution >= 4 is 5.91 Å². The Bertz CT molecular complexity index is 635. The van der Waals surface area contributed by atoms with E-state index in [1.54, 1.807) is 6.20 Å². The highest BCUT2D eigenvalue weighted by molar-refractivity contribution is 5.82. The van der Waals surface area contributed by atoms with Crippen molar-refractivity contribution in [3.63, 3.8) is 0 Å². The van der Waals surface area contributed by atoms with E-state index in [1.807, 2.05) is 29.8 Å². The Kier molecular flexibility index (Phi) is 4.01. The second-order valence-corrected chi connectivity index (χ2v) is 5.37. The van der Waals surface area contributed by atoms with Gasteiger partial charge in [-0.05, 0) is 24.5 Å². The third-order valence-corrected chi connectivity index (χ3v) is 3.97. The summed E-state index contributed by atoms with van der Waals surface area (Å²) in [6.45, 7) is 4.09. The molecular weight excluding hydrogens is 264 g/mol. The number of nitrogens with zero attached hydrogens (tertiary/aromatic N) is 2. The Labute approximate surface area is 124 Å². The van der Waals surface area contributed by atoms with Gasteiger partial charge < -0.3 is 15.2 Å². The molecule has 1 unspecified atom stereocenters. The summed E-state index contributed by atoms with van der Waals surface area (Å²) in [5, 5.41) is 6.30. The maximum atomic E-state index is 12.2. The SMILES string of the molecule is Cc1nccn1CCNC(=O)C1Cc2ccccc2CN1. The highest BCUT2D eigenvalue weighted by Gasteiger charge is 2.23. The molecule has 1 atom stereocenters. The largest absolute Gasteiger partial charge is 0.353 e. The normalized spacial score (nSPS) is 17.3. The monoisotopic (exact) mass is 284 g/mol. The Morgan fingerprint density at radius 1 is 1.43 bits per heavy atom. The van der Waals surface area contributed by atoms with Crippen LogP contribution in [-0.2, 0) is 24.3 Å². The molecule has 0 spiro atoms. The Balaban J connectivity index is 1.52. The van der Waals surface area contributed by atoms with Crippen molar-refractivity contribution in [2.45, 2.75) is 32.5 Å². The predicted octanol–water partition coefficient (Wildman–Crippen LogP) is 1.02. The summed E-state index contributed by atoms with van der Waals surface area (Å²) >= 11 is 0. The van der Waals surface area contributed by atoms with Crippen LogP contribution in [0.25, 0.3) is 0 Å². The van der Waals surface area contributed by atoms with Crippen molar-refractivity contribution in [1.29, 1.82) is 0 Å². The van der Waals surface area contributed by atoms with E-state index in [4.69, 9.17) is 0 Å². The van der Waals surface area contributed by atoms with E-state index in [1.165, 1.54) is 11.1 Å². The van der Waals surface area contributed by atoms with Gasteiger partial charge in [-0.25, -0.2) is 4.98 Å². The Morgan fingerprint density at radius 2 is 2.24 bits per heavy atom. The summed E-state index contributed by atoms with van der Waals surface area (Å²) < 4.78 is 2.03. The number of aromatic nitrogens is 2. The molecule has 0 radical (unpaired) electrons. The van der Waals surface area contributed by atoms with Crippen LogP contribution in [-0.4, -0.2) is 28.0 Å². The zero-order valence-electron chi connectivity index (χ0n) is 12.2. The van der Waals surface area contributed by atoms with E-state index in [0.29, 0.717) is 6.54 Å². The third-order valence-electron chi connectivity index (χ3n) is 3.97. The first-order valence-electron chi connectivity index (χ1n) is 7.29. The average Bonchev–Trinajstić information content (AvgIpc) is 2.92. The molecule has 110 valence electrons. The lowest BCUT2D eigenvalue weighted by Gasteiger charge is -2.25. The van der Waals surface area contributed by atoms with Gasteiger partial charge in [0, 0.05) is 32.0 Å². The number of nitrogens with one attached hydrogen (secondary N) is 2. The van der Waals surface area contributed by atoms with E-state index in [-0.39, 0.29) is 11.9 Å². The summed E-state index contributed by atoms with van der Waals surface area (Å²) in [5.74, 6) is 1.04. The highest BCUT2D eigenvalue weighted by Crippen LogP contribution is 2.16. The molecule has 5 heteroatoms. The van der Waals surface area contributed by atoms with Crippen molar-refractivity contribution in [2.24, 2.45) is 0 Å². The molecule has 0 bridgehead atoms. The maximum Gasteiger partial charge on any atom is 0.237 e. The van der Waals surface area contributed by atoms with Gasteiger partial charge in [0.25, 0.3) is 0 Å². The van der Waals surface area contributed by atoms with Crippen LogP contribution in [0.15, 0.2) is 36.7 Å². The van der Waals surface area contributed by atoms with Gasteiger partial charge in [0.1, 0.15) is 5.82 Å². The van der Waals surface area contributed by atoms with Crippen LogP contribution in [0.2, 0.25) is 0 Å². The van der Waals surface area contributed by atoms with Crippen LogP contribution >= 0.6 is 0 Å². The summed E-state index contributed by atoms with van der Waals surface area (Å²) in [6, 6.07) is 8.14. The van der Waals surface area contributed by atoms with Crippen LogP contribution < -0.4 is 10.6 Å². The first-order valence-corrected chi connectivity index (χ1v) is 7.29. The second-order valence-electron chi connectivity index (χ2n) is 5.37. The molecule has 1 aromatic heterocycles. The molecule has 1 aromatic carbocycles. The number of amides is 1. The van der Waals surface area contributed by atoms with E-state index in [9.17, 15) is 4.79 Å². The lowest BCUT2D eigenvalue weighted by Crippen LogP contribution is -2.48. The molecule has 5 nitrogen and oxygen atoms in total. The van der Waals surface area contributed by atoms with Gasteiger partial charge in [-0.1, -0.05) is 24.3 Å². The van der Waals surface area contributed by atoms with Gasteiger partial charge in [0.05, 0.1) is 6.04 Å². The van der Waals surface area contributed by atoms with Crippen LogP contribution in [0.4, 0.5) is 0 Å². The number of hydrogen-bond acceptors (Lipinski definition) is 3. The molecule has 21 heavy (non-hydrogen) atoms. The topological polar surface area (TPSA) is 59.0 Å². The van der Waals surface area contributed by atoms with Crippen LogP contribution in [0.1, 0.15) is 17.0 Å². The van der Waals surface area contributed by atoms with E-state index < -0.39 is 0 Å². The van der Waals surface area contributed by atoms with Gasteiger partial charge in [-0.3, -0.25) is 4.79 Å². The molecule has 0 fully saturated rings. The molecule has 1 aliphatic rings. The third kappa shape index (κ3) is 3.13. The number of rotatable bonds is 4. The number of aryl methyl sites for hydroxylation is 1. The van der Waals surface area contributed by atoms with Gasteiger partial charge in [-0.2, -0.15) is 0 Å². The number of hydrogen-bond donors (Lipinski definition) is 2. The zero-order chi connectivity index (χ0) is 14.7. The number of fused-ring (bicyclic) bond motifs is 1. The van der Waals surface area contributed by atoms with Crippen molar-refractivity contribution in [1.82, 2.24) is 20.2 Å². The van der Waals surface area contributed by atoms with Gasteiger partial charge in [-0.15, -0.1) is 0 Å². The van der Waals surface area contributed by atoms with Crippen LogP contribution in [0.5, 0.6) is 0 Å². The first-order chi connectivity index (χ1) is 10.2. The summed E-state index contributed by atoms with van der Waals surface area (Å²) in [6.07, 6.45) is 4.46. The van der Waals surface area contributed by atoms with Gasteiger partial charge in [0.15, 0.2) is 0 Å². The number of carbonyl (C=O) groups is 1. The molecular formula is C16H20N4O. The number of imidazole rings is 1. The Hall–Kier alpha value is -2.14. The predicted molar refractivity (Wildman–Crippen MR) is 80.7 cm³/mol. The lowest BCUT2D eigenvalue weighted by molar-refractivity contribution is -0.123.